The van der Waals surface area contributed by atoms with Crippen molar-refractivity contribution in [2.75, 3.05) is 0 Å². The maximum atomic E-state index is 13.5. The number of halogens is 1. The fourth-order valence-electron chi connectivity index (χ4n) is 1.60. The van der Waals surface area contributed by atoms with E-state index in [4.69, 9.17) is 5.11 Å². The second-order valence-corrected chi connectivity index (χ2v) is 6.05. The third-order valence-corrected chi connectivity index (χ3v) is 4.39. The summed E-state index contributed by atoms with van der Waals surface area (Å²) in [6, 6.07) is 3.46. The van der Waals surface area contributed by atoms with Crippen LogP contribution in [0.25, 0.3) is 0 Å². The molecular weight excluding hydrogens is 245 g/mol. The zero-order chi connectivity index (χ0) is 12.6. The summed E-state index contributed by atoms with van der Waals surface area (Å²) in [4.78, 5) is -0.400. The van der Waals surface area contributed by atoms with E-state index < -0.39 is 20.7 Å². The lowest BCUT2D eigenvalue weighted by Gasteiger charge is -2.08. The van der Waals surface area contributed by atoms with Gasteiger partial charge in [-0.15, -0.1) is 0 Å². The van der Waals surface area contributed by atoms with Gasteiger partial charge in [0, 0.05) is 6.04 Å². The Morgan fingerprint density at radius 1 is 1.53 bits per heavy atom. The van der Waals surface area contributed by atoms with E-state index in [1.165, 1.54) is 6.07 Å². The van der Waals surface area contributed by atoms with Crippen molar-refractivity contribution in [2.24, 2.45) is 5.92 Å². The van der Waals surface area contributed by atoms with E-state index in [1.54, 1.807) is 0 Å². The van der Waals surface area contributed by atoms with Gasteiger partial charge in [-0.2, -0.15) is 0 Å². The third-order valence-electron chi connectivity index (χ3n) is 2.88. The van der Waals surface area contributed by atoms with Gasteiger partial charge in [0.25, 0.3) is 0 Å². The molecule has 2 rings (SSSR count). The van der Waals surface area contributed by atoms with E-state index in [2.05, 4.69) is 4.72 Å². The molecule has 6 heteroatoms. The minimum absolute atomic E-state index is 0.0998. The number of sulfonamides is 1. The molecule has 0 aromatic heterocycles. The molecule has 0 aliphatic heterocycles. The van der Waals surface area contributed by atoms with Crippen LogP contribution in [-0.2, 0) is 16.6 Å². The molecule has 2 unspecified atom stereocenters. The molecule has 1 aromatic rings. The highest BCUT2D eigenvalue weighted by Gasteiger charge is 2.37. The van der Waals surface area contributed by atoms with Gasteiger partial charge in [0.05, 0.1) is 6.61 Å². The topological polar surface area (TPSA) is 66.4 Å². The molecule has 0 saturated heterocycles. The molecule has 0 radical (unpaired) electrons. The van der Waals surface area contributed by atoms with Gasteiger partial charge >= 0.3 is 0 Å². The van der Waals surface area contributed by atoms with Crippen molar-refractivity contribution in [3.63, 3.8) is 0 Å². The number of aliphatic hydroxyl groups is 1. The lowest BCUT2D eigenvalue weighted by Crippen LogP contribution is -2.27. The summed E-state index contributed by atoms with van der Waals surface area (Å²) in [7, 11) is -3.83. The highest BCUT2D eigenvalue weighted by Crippen LogP contribution is 2.31. The van der Waals surface area contributed by atoms with Crippen LogP contribution < -0.4 is 4.72 Å². The first-order valence-corrected chi connectivity index (χ1v) is 6.84. The molecule has 1 aliphatic rings. The highest BCUT2D eigenvalue weighted by molar-refractivity contribution is 7.89. The summed E-state index contributed by atoms with van der Waals surface area (Å²) in [6.45, 7) is 1.61. The average molecular weight is 259 g/mol. The Morgan fingerprint density at radius 3 is 2.71 bits per heavy atom. The summed E-state index contributed by atoms with van der Waals surface area (Å²) in [5.41, 5.74) is 0.371. The molecule has 0 heterocycles. The molecular formula is C11H14FNO3S. The van der Waals surface area contributed by atoms with Crippen molar-refractivity contribution in [2.45, 2.75) is 30.9 Å². The van der Waals surface area contributed by atoms with Crippen LogP contribution in [-0.4, -0.2) is 19.6 Å². The van der Waals surface area contributed by atoms with E-state index in [-0.39, 0.29) is 12.6 Å². The van der Waals surface area contributed by atoms with Crippen molar-refractivity contribution in [3.8, 4) is 0 Å². The van der Waals surface area contributed by atoms with Crippen LogP contribution in [0, 0.1) is 11.7 Å². The van der Waals surface area contributed by atoms with E-state index in [1.807, 2.05) is 6.92 Å². The fourth-order valence-corrected chi connectivity index (χ4v) is 3.09. The van der Waals surface area contributed by atoms with E-state index in [0.29, 0.717) is 11.5 Å². The van der Waals surface area contributed by atoms with Crippen molar-refractivity contribution >= 4 is 10.0 Å². The lowest BCUT2D eigenvalue weighted by molar-refractivity contribution is 0.281. The molecule has 1 fully saturated rings. The first kappa shape index (κ1) is 12.5. The van der Waals surface area contributed by atoms with Gasteiger partial charge in [-0.1, -0.05) is 13.0 Å². The van der Waals surface area contributed by atoms with E-state index in [9.17, 15) is 12.8 Å². The summed E-state index contributed by atoms with van der Waals surface area (Å²) in [5.74, 6) is -0.503. The van der Waals surface area contributed by atoms with Gasteiger partial charge in [0.1, 0.15) is 10.7 Å². The molecule has 17 heavy (non-hydrogen) atoms. The lowest BCUT2D eigenvalue weighted by atomic mass is 10.2. The molecule has 0 bridgehead atoms. The van der Waals surface area contributed by atoms with Crippen LogP contribution in [0.1, 0.15) is 18.9 Å². The van der Waals surface area contributed by atoms with Gasteiger partial charge in [-0.05, 0) is 30.0 Å². The molecule has 1 saturated carbocycles. The number of hydrogen-bond acceptors (Lipinski definition) is 3. The highest BCUT2D eigenvalue weighted by atomic mass is 32.2. The van der Waals surface area contributed by atoms with Crippen molar-refractivity contribution in [1.82, 2.24) is 4.72 Å². The van der Waals surface area contributed by atoms with E-state index >= 15 is 0 Å². The van der Waals surface area contributed by atoms with Crippen LogP contribution >= 0.6 is 0 Å². The first-order chi connectivity index (χ1) is 7.94. The van der Waals surface area contributed by atoms with Crippen LogP contribution in [0.5, 0.6) is 0 Å². The third kappa shape index (κ3) is 2.65. The maximum Gasteiger partial charge on any atom is 0.243 e. The number of benzene rings is 1. The Kier molecular flexibility index (Phi) is 3.20. The van der Waals surface area contributed by atoms with Crippen molar-refractivity contribution < 1.29 is 17.9 Å². The van der Waals surface area contributed by atoms with Crippen LogP contribution in [0.3, 0.4) is 0 Å². The Hall–Kier alpha value is -0.980. The quantitative estimate of drug-likeness (QED) is 0.848. The summed E-state index contributed by atoms with van der Waals surface area (Å²) in [5, 5.41) is 8.92. The van der Waals surface area contributed by atoms with Crippen LogP contribution in [0.2, 0.25) is 0 Å². The van der Waals surface area contributed by atoms with Crippen LogP contribution in [0.4, 0.5) is 4.39 Å². The number of rotatable bonds is 4. The zero-order valence-electron chi connectivity index (χ0n) is 9.35. The Balaban J connectivity index is 2.31. The van der Waals surface area contributed by atoms with Gasteiger partial charge in [-0.25, -0.2) is 17.5 Å². The van der Waals surface area contributed by atoms with Gasteiger partial charge in [0.15, 0.2) is 0 Å². The fraction of sp³-hybridized carbons (Fsp3) is 0.455. The van der Waals surface area contributed by atoms with Gasteiger partial charge < -0.3 is 5.11 Å². The van der Waals surface area contributed by atoms with Gasteiger partial charge in [0.2, 0.25) is 10.0 Å². The SMILES string of the molecule is CC1CC1NS(=O)(=O)c1cc(CO)ccc1F. The Bertz CT molecular complexity index is 530. The molecule has 1 aliphatic carbocycles. The predicted molar refractivity (Wildman–Crippen MR) is 60.2 cm³/mol. The summed E-state index contributed by atoms with van der Waals surface area (Å²) < 4.78 is 39.7. The average Bonchev–Trinajstić information content (AvgIpc) is 2.93. The molecule has 2 atom stereocenters. The Labute approximate surface area is 99.5 Å². The summed E-state index contributed by atoms with van der Waals surface area (Å²) >= 11 is 0. The second kappa shape index (κ2) is 4.36. The van der Waals surface area contributed by atoms with Crippen molar-refractivity contribution in [1.29, 1.82) is 0 Å². The maximum absolute atomic E-state index is 13.5. The zero-order valence-corrected chi connectivity index (χ0v) is 10.2. The molecule has 2 N–H and O–H groups in total. The number of aliphatic hydroxyl groups excluding tert-OH is 1. The number of nitrogens with one attached hydrogen (secondary N) is 1. The Morgan fingerprint density at radius 2 is 2.18 bits per heavy atom. The standard InChI is InChI=1S/C11H14FNO3S/c1-7-4-10(7)13-17(15,16)11-5-8(6-14)2-3-9(11)12/h2-3,5,7,10,13-14H,4,6H2,1H3. The largest absolute Gasteiger partial charge is 0.392 e. The van der Waals surface area contributed by atoms with Gasteiger partial charge in [-0.3, -0.25) is 0 Å². The van der Waals surface area contributed by atoms with E-state index in [0.717, 1.165) is 18.6 Å². The minimum Gasteiger partial charge on any atom is -0.392 e. The molecule has 0 spiro atoms. The first-order valence-electron chi connectivity index (χ1n) is 5.35. The predicted octanol–water partition coefficient (Wildman–Crippen LogP) is 1.00. The summed E-state index contributed by atoms with van der Waals surface area (Å²) in [6.07, 6.45) is 0.778. The molecule has 4 nitrogen and oxygen atoms in total. The normalized spacial score (nSPS) is 23.7. The van der Waals surface area contributed by atoms with Crippen LogP contribution in [0.15, 0.2) is 23.1 Å². The monoisotopic (exact) mass is 259 g/mol. The smallest absolute Gasteiger partial charge is 0.243 e. The minimum atomic E-state index is -3.83. The van der Waals surface area contributed by atoms with Crippen molar-refractivity contribution in [3.05, 3.63) is 29.6 Å². The second-order valence-electron chi connectivity index (χ2n) is 4.36. The molecule has 1 aromatic carbocycles. The number of hydrogen-bond donors (Lipinski definition) is 2. The molecule has 0 amide bonds. The molecule has 94 valence electrons.